The van der Waals surface area contributed by atoms with E-state index in [0.717, 1.165) is 5.56 Å². The van der Waals surface area contributed by atoms with Gasteiger partial charge in [-0.1, -0.05) is 23.6 Å². The number of ether oxygens (including phenoxy) is 1. The summed E-state index contributed by atoms with van der Waals surface area (Å²) in [4.78, 5) is 0. The second-order valence-electron chi connectivity index (χ2n) is 5.25. The number of hydrogen-bond donors (Lipinski definition) is 1. The van der Waals surface area contributed by atoms with Crippen molar-refractivity contribution in [1.82, 2.24) is 0 Å². The van der Waals surface area contributed by atoms with Crippen molar-refractivity contribution in [2.24, 2.45) is 11.1 Å². The monoisotopic (exact) mass is 265 g/mol. The highest BCUT2D eigenvalue weighted by atomic mass is 35.5. The van der Waals surface area contributed by atoms with Gasteiger partial charge < -0.3 is 10.5 Å². The molecule has 2 N–H and O–H groups in total. The molecule has 1 rings (SSSR count). The van der Waals surface area contributed by atoms with Crippen molar-refractivity contribution in [1.29, 1.82) is 0 Å². The molecule has 0 aliphatic rings. The predicted octanol–water partition coefficient (Wildman–Crippen LogP) is 3.79. The molecule has 0 fully saturated rings. The summed E-state index contributed by atoms with van der Waals surface area (Å²) in [6.07, 6.45) is 0.606. The number of methoxy groups -OCH3 is 1. The quantitative estimate of drug-likeness (QED) is 0.844. The van der Waals surface area contributed by atoms with Crippen LogP contribution >= 0.6 is 11.6 Å². The number of nitrogens with two attached hydrogens (primary N) is 1. The molecule has 0 amide bonds. The average molecular weight is 266 g/mol. The van der Waals surface area contributed by atoms with Crippen molar-refractivity contribution in [2.45, 2.75) is 33.2 Å². The van der Waals surface area contributed by atoms with Crippen LogP contribution in [0.4, 0.5) is 0 Å². The van der Waals surface area contributed by atoms with Gasteiger partial charge in [0.05, 0.1) is 7.11 Å². The highest BCUT2D eigenvalue weighted by Gasteiger charge is 2.11. The summed E-state index contributed by atoms with van der Waals surface area (Å²) < 4.78 is 5.28. The van der Waals surface area contributed by atoms with Crippen molar-refractivity contribution >= 4 is 11.6 Å². The van der Waals surface area contributed by atoms with Gasteiger partial charge in [0, 0.05) is 28.5 Å². The molecule has 0 saturated carbocycles. The van der Waals surface area contributed by atoms with Crippen molar-refractivity contribution < 1.29 is 4.74 Å². The zero-order chi connectivity index (χ0) is 13.8. The number of hydrogen-bond acceptors (Lipinski definition) is 2. The fourth-order valence-corrected chi connectivity index (χ4v) is 1.69. The third-order valence-corrected chi connectivity index (χ3v) is 2.62. The first-order valence-corrected chi connectivity index (χ1v) is 6.30. The molecule has 3 heteroatoms. The van der Waals surface area contributed by atoms with E-state index in [9.17, 15) is 0 Å². The maximum absolute atomic E-state index is 6.13. The molecule has 1 aromatic carbocycles. The van der Waals surface area contributed by atoms with Gasteiger partial charge >= 0.3 is 0 Å². The molecule has 1 unspecified atom stereocenters. The summed E-state index contributed by atoms with van der Waals surface area (Å²) in [5.41, 5.74) is 7.06. The Kier molecular flexibility index (Phi) is 5.07. The molecule has 2 nitrogen and oxygen atoms in total. The van der Waals surface area contributed by atoms with E-state index in [1.807, 2.05) is 12.1 Å². The minimum atomic E-state index is -0.160. The van der Waals surface area contributed by atoms with E-state index in [4.69, 9.17) is 22.1 Å². The molecule has 0 aliphatic carbocycles. The molecule has 0 bridgehead atoms. The third-order valence-electron chi connectivity index (χ3n) is 2.38. The normalized spacial score (nSPS) is 12.6. The lowest BCUT2D eigenvalue weighted by molar-refractivity contribution is 0.406. The Hall–Kier alpha value is -1.17. The van der Waals surface area contributed by atoms with E-state index >= 15 is 0 Å². The van der Waals surface area contributed by atoms with Gasteiger partial charge in [-0.2, -0.15) is 0 Å². The lowest BCUT2D eigenvalue weighted by atomic mass is 9.97. The van der Waals surface area contributed by atoms with E-state index in [2.05, 4.69) is 32.6 Å². The van der Waals surface area contributed by atoms with Gasteiger partial charge in [0.25, 0.3) is 0 Å². The molecular weight excluding hydrogens is 246 g/mol. The summed E-state index contributed by atoms with van der Waals surface area (Å²) in [7, 11) is 1.61. The molecule has 98 valence electrons. The zero-order valence-electron chi connectivity index (χ0n) is 11.4. The maximum atomic E-state index is 6.13. The van der Waals surface area contributed by atoms with Crippen LogP contribution in [0.25, 0.3) is 0 Å². The lowest BCUT2D eigenvalue weighted by Gasteiger charge is -2.14. The second-order valence-corrected chi connectivity index (χ2v) is 5.69. The van der Waals surface area contributed by atoms with Gasteiger partial charge in [-0.25, -0.2) is 0 Å². The highest BCUT2D eigenvalue weighted by molar-refractivity contribution is 6.30. The van der Waals surface area contributed by atoms with Crippen LogP contribution in [-0.4, -0.2) is 7.11 Å². The first-order chi connectivity index (χ1) is 8.33. The SMILES string of the molecule is COc1cc(Cl)ccc1C(N)CC#CC(C)(C)C. The van der Waals surface area contributed by atoms with Gasteiger partial charge in [-0.3, -0.25) is 0 Å². The highest BCUT2D eigenvalue weighted by Crippen LogP contribution is 2.28. The van der Waals surface area contributed by atoms with Crippen LogP contribution in [0.3, 0.4) is 0 Å². The van der Waals surface area contributed by atoms with E-state index in [1.54, 1.807) is 13.2 Å². The maximum Gasteiger partial charge on any atom is 0.125 e. The van der Waals surface area contributed by atoms with Crippen LogP contribution in [0.5, 0.6) is 5.75 Å². The van der Waals surface area contributed by atoms with Gasteiger partial charge in [0.15, 0.2) is 0 Å². The Balaban J connectivity index is 2.83. The minimum absolute atomic E-state index is 0.00377. The molecule has 1 atom stereocenters. The summed E-state index contributed by atoms with van der Waals surface area (Å²) in [6.45, 7) is 6.23. The standard InChI is InChI=1S/C15H20ClNO/c1-15(2,3)9-5-6-13(17)12-8-7-11(16)10-14(12)18-4/h7-8,10,13H,6,17H2,1-4H3. The van der Waals surface area contributed by atoms with E-state index in [-0.39, 0.29) is 11.5 Å². The third kappa shape index (κ3) is 4.60. The van der Waals surface area contributed by atoms with Crippen LogP contribution < -0.4 is 10.5 Å². The molecule has 0 saturated heterocycles. The number of halogens is 1. The van der Waals surface area contributed by atoms with Crippen molar-refractivity contribution in [3.8, 4) is 17.6 Å². The Bertz CT molecular complexity index is 466. The second kappa shape index (κ2) is 6.13. The molecular formula is C15H20ClNO. The van der Waals surface area contributed by atoms with Crippen molar-refractivity contribution in [2.75, 3.05) is 7.11 Å². The molecule has 0 aliphatic heterocycles. The van der Waals surface area contributed by atoms with Crippen molar-refractivity contribution in [3.05, 3.63) is 28.8 Å². The minimum Gasteiger partial charge on any atom is -0.496 e. The van der Waals surface area contributed by atoms with Gasteiger partial charge in [-0.05, 0) is 32.9 Å². The molecule has 0 aromatic heterocycles. The molecule has 1 aromatic rings. The van der Waals surface area contributed by atoms with Gasteiger partial charge in [-0.15, -0.1) is 5.92 Å². The van der Waals surface area contributed by atoms with Gasteiger partial charge in [0.1, 0.15) is 5.75 Å². The van der Waals surface area contributed by atoms with Crippen molar-refractivity contribution in [3.63, 3.8) is 0 Å². The van der Waals surface area contributed by atoms with Crippen LogP contribution in [0.1, 0.15) is 38.8 Å². The Morgan fingerprint density at radius 2 is 2.06 bits per heavy atom. The first kappa shape index (κ1) is 14.9. The van der Waals surface area contributed by atoms with Crippen LogP contribution in [0.15, 0.2) is 18.2 Å². The molecule has 0 spiro atoms. The summed E-state index contributed by atoms with van der Waals surface area (Å²) in [6, 6.07) is 5.32. The topological polar surface area (TPSA) is 35.2 Å². The van der Waals surface area contributed by atoms with Crippen LogP contribution in [0, 0.1) is 17.3 Å². The Morgan fingerprint density at radius 1 is 1.39 bits per heavy atom. The van der Waals surface area contributed by atoms with E-state index in [0.29, 0.717) is 17.2 Å². The van der Waals surface area contributed by atoms with E-state index in [1.165, 1.54) is 0 Å². The summed E-state index contributed by atoms with van der Waals surface area (Å²) in [5.74, 6) is 7.02. The summed E-state index contributed by atoms with van der Waals surface area (Å²) in [5, 5.41) is 0.642. The van der Waals surface area contributed by atoms with Crippen LogP contribution in [-0.2, 0) is 0 Å². The van der Waals surface area contributed by atoms with Crippen LogP contribution in [0.2, 0.25) is 5.02 Å². The molecule has 0 radical (unpaired) electrons. The average Bonchev–Trinajstić information content (AvgIpc) is 2.26. The molecule has 18 heavy (non-hydrogen) atoms. The largest absolute Gasteiger partial charge is 0.496 e. The Labute approximate surface area is 114 Å². The van der Waals surface area contributed by atoms with Gasteiger partial charge in [0.2, 0.25) is 0 Å². The number of rotatable bonds is 3. The fraction of sp³-hybridized carbons (Fsp3) is 0.467. The fourth-order valence-electron chi connectivity index (χ4n) is 1.53. The zero-order valence-corrected chi connectivity index (χ0v) is 12.1. The Morgan fingerprint density at radius 3 is 2.61 bits per heavy atom. The molecule has 0 heterocycles. The smallest absolute Gasteiger partial charge is 0.125 e. The lowest BCUT2D eigenvalue weighted by Crippen LogP contribution is -2.11. The summed E-state index contributed by atoms with van der Waals surface area (Å²) >= 11 is 5.92. The predicted molar refractivity (Wildman–Crippen MR) is 76.8 cm³/mol. The number of benzene rings is 1. The van der Waals surface area contributed by atoms with E-state index < -0.39 is 0 Å². The first-order valence-electron chi connectivity index (χ1n) is 5.92.